The van der Waals surface area contributed by atoms with E-state index in [0.29, 0.717) is 5.92 Å². The van der Waals surface area contributed by atoms with E-state index in [1.54, 1.807) is 6.20 Å². The Kier molecular flexibility index (Phi) is 1.06. The molecule has 2 heterocycles. The molecule has 0 spiro atoms. The van der Waals surface area contributed by atoms with Gasteiger partial charge in [0.25, 0.3) is 0 Å². The van der Waals surface area contributed by atoms with E-state index < -0.39 is 0 Å². The second kappa shape index (κ2) is 2.06. The highest BCUT2D eigenvalue weighted by atomic mass is 15.0. The van der Waals surface area contributed by atoms with Gasteiger partial charge in [0.1, 0.15) is 5.82 Å². The van der Waals surface area contributed by atoms with Crippen LogP contribution in [0.5, 0.6) is 0 Å². The first kappa shape index (κ1) is 6.17. The third-order valence-electron chi connectivity index (χ3n) is 2.18. The summed E-state index contributed by atoms with van der Waals surface area (Å²) in [7, 11) is 0. The number of hydrogen-bond acceptors (Lipinski definition) is 2. The summed E-state index contributed by atoms with van der Waals surface area (Å²) in [5, 5.41) is 0. The van der Waals surface area contributed by atoms with Crippen molar-refractivity contribution < 1.29 is 0 Å². The van der Waals surface area contributed by atoms with Crippen molar-refractivity contribution in [2.24, 2.45) is 0 Å². The Balaban J connectivity index is 2.23. The van der Waals surface area contributed by atoms with Gasteiger partial charge in [0.05, 0.1) is 5.52 Å². The van der Waals surface area contributed by atoms with Crippen LogP contribution in [-0.2, 0) is 0 Å². The van der Waals surface area contributed by atoms with Gasteiger partial charge in [0.2, 0.25) is 0 Å². The van der Waals surface area contributed by atoms with Gasteiger partial charge in [-0.15, -0.1) is 0 Å². The lowest BCUT2D eigenvalue weighted by molar-refractivity contribution is 0.983. The molecule has 0 saturated heterocycles. The molecule has 59 valence electrons. The van der Waals surface area contributed by atoms with Crippen LogP contribution < -0.4 is 0 Å². The fourth-order valence-electron chi connectivity index (χ4n) is 1.36. The van der Waals surface area contributed by atoms with Crippen LogP contribution in [0.2, 0.25) is 0 Å². The molecule has 2 aromatic heterocycles. The van der Waals surface area contributed by atoms with E-state index >= 15 is 0 Å². The van der Waals surface area contributed by atoms with Crippen LogP contribution in [0.15, 0.2) is 12.3 Å². The van der Waals surface area contributed by atoms with E-state index in [4.69, 9.17) is 0 Å². The number of fused-ring (bicyclic) bond motifs is 1. The maximum atomic E-state index is 4.39. The average molecular weight is 158 g/mol. The van der Waals surface area contributed by atoms with E-state index in [-0.39, 0.29) is 0 Å². The minimum atomic E-state index is 0.666. The van der Waals surface area contributed by atoms with Crippen LogP contribution in [0.25, 0.3) is 11.2 Å². The van der Waals surface area contributed by atoms with Gasteiger partial charge >= 0.3 is 0 Å². The summed E-state index contributed by atoms with van der Waals surface area (Å²) in [5.41, 5.74) is 1.81. The van der Waals surface area contributed by atoms with E-state index in [1.165, 1.54) is 12.8 Å². The van der Waals surface area contributed by atoms with Crippen LogP contribution in [0.3, 0.4) is 0 Å². The minimum absolute atomic E-state index is 0.666. The summed E-state index contributed by atoms with van der Waals surface area (Å²) >= 11 is 0. The Morgan fingerprint density at radius 1 is 1.50 bits per heavy atom. The van der Waals surface area contributed by atoms with Gasteiger partial charge in [0, 0.05) is 18.2 Å². The van der Waals surface area contributed by atoms with Crippen molar-refractivity contribution in [1.82, 2.24) is 15.0 Å². The van der Waals surface area contributed by atoms with Gasteiger partial charge in [-0.2, -0.15) is 0 Å². The second-order valence-electron chi connectivity index (χ2n) is 3.20. The van der Waals surface area contributed by atoms with Gasteiger partial charge in [0.15, 0.2) is 5.65 Å². The van der Waals surface area contributed by atoms with Crippen molar-refractivity contribution in [2.45, 2.75) is 18.8 Å². The number of aromatic nitrogens is 3. The predicted molar refractivity (Wildman–Crippen MR) is 44.7 cm³/mol. The molecule has 2 aromatic rings. The quantitative estimate of drug-likeness (QED) is 0.685. The molecular formula is C9H8N3. The SMILES string of the molecule is [c]1cnc2nc(C3CC3)[nH]c2c1. The predicted octanol–water partition coefficient (Wildman–Crippen LogP) is 1.64. The van der Waals surface area contributed by atoms with Gasteiger partial charge in [-0.05, 0) is 18.9 Å². The lowest BCUT2D eigenvalue weighted by Crippen LogP contribution is -1.79. The van der Waals surface area contributed by atoms with Gasteiger partial charge < -0.3 is 4.98 Å². The summed E-state index contributed by atoms with van der Waals surface area (Å²) in [6.45, 7) is 0. The molecular weight excluding hydrogens is 150 g/mol. The molecule has 12 heavy (non-hydrogen) atoms. The summed E-state index contributed by atoms with van der Waals surface area (Å²) in [4.78, 5) is 11.8. The Morgan fingerprint density at radius 2 is 2.42 bits per heavy atom. The zero-order valence-electron chi connectivity index (χ0n) is 6.54. The van der Waals surface area contributed by atoms with E-state index in [2.05, 4.69) is 21.0 Å². The van der Waals surface area contributed by atoms with E-state index in [1.807, 2.05) is 6.07 Å². The first-order valence-electron chi connectivity index (χ1n) is 4.15. The molecule has 0 bridgehead atoms. The maximum absolute atomic E-state index is 4.39. The highest BCUT2D eigenvalue weighted by molar-refractivity contribution is 5.69. The smallest absolute Gasteiger partial charge is 0.177 e. The van der Waals surface area contributed by atoms with Gasteiger partial charge in [-0.25, -0.2) is 9.97 Å². The number of H-pyrrole nitrogens is 1. The lowest BCUT2D eigenvalue weighted by Gasteiger charge is -1.83. The molecule has 3 rings (SSSR count). The molecule has 0 aliphatic heterocycles. The Hall–Kier alpha value is -1.38. The van der Waals surface area contributed by atoms with Crippen molar-refractivity contribution >= 4 is 11.2 Å². The molecule has 1 aliphatic carbocycles. The molecule has 1 saturated carbocycles. The van der Waals surface area contributed by atoms with Gasteiger partial charge in [-0.3, -0.25) is 0 Å². The largest absolute Gasteiger partial charge is 0.340 e. The first-order valence-corrected chi connectivity index (χ1v) is 4.15. The summed E-state index contributed by atoms with van der Waals surface area (Å²) < 4.78 is 0. The van der Waals surface area contributed by atoms with Crippen LogP contribution in [-0.4, -0.2) is 15.0 Å². The van der Waals surface area contributed by atoms with Gasteiger partial charge in [-0.1, -0.05) is 0 Å². The maximum Gasteiger partial charge on any atom is 0.177 e. The minimum Gasteiger partial charge on any atom is -0.340 e. The van der Waals surface area contributed by atoms with E-state index in [0.717, 1.165) is 17.0 Å². The zero-order chi connectivity index (χ0) is 7.97. The molecule has 1 N–H and O–H groups in total. The van der Waals surface area contributed by atoms with Crippen molar-refractivity contribution in [2.75, 3.05) is 0 Å². The van der Waals surface area contributed by atoms with Crippen LogP contribution in [0.1, 0.15) is 24.6 Å². The van der Waals surface area contributed by atoms with Crippen molar-refractivity contribution in [3.63, 3.8) is 0 Å². The molecule has 1 fully saturated rings. The van der Waals surface area contributed by atoms with Crippen molar-refractivity contribution in [1.29, 1.82) is 0 Å². The van der Waals surface area contributed by atoms with E-state index in [9.17, 15) is 0 Å². The first-order chi connectivity index (χ1) is 5.93. The number of imidazole rings is 1. The van der Waals surface area contributed by atoms with Crippen molar-refractivity contribution in [3.8, 4) is 0 Å². The zero-order valence-corrected chi connectivity index (χ0v) is 6.54. The number of nitrogens with one attached hydrogen (secondary N) is 1. The third-order valence-corrected chi connectivity index (χ3v) is 2.18. The molecule has 0 aromatic carbocycles. The number of nitrogens with zero attached hydrogens (tertiary/aromatic N) is 2. The summed E-state index contributed by atoms with van der Waals surface area (Å²) in [6, 6.07) is 4.82. The topological polar surface area (TPSA) is 41.6 Å². The fourth-order valence-corrected chi connectivity index (χ4v) is 1.36. The monoisotopic (exact) mass is 158 g/mol. The van der Waals surface area contributed by atoms with Crippen LogP contribution in [0, 0.1) is 6.07 Å². The molecule has 0 unspecified atom stereocenters. The third kappa shape index (κ3) is 0.826. The molecule has 1 aliphatic rings. The number of aromatic amines is 1. The summed E-state index contributed by atoms with van der Waals surface area (Å²) in [5.74, 6) is 1.76. The highest BCUT2D eigenvalue weighted by Gasteiger charge is 2.26. The Bertz CT molecular complexity index is 381. The standard InChI is InChI=1S/C9H8N3/c1-2-7-9(10-5-1)12-8(11-7)6-3-4-6/h2,5-6H,3-4H2,(H,10,11,12). The van der Waals surface area contributed by atoms with Crippen LogP contribution in [0.4, 0.5) is 0 Å². The number of pyridine rings is 1. The molecule has 3 heteroatoms. The van der Waals surface area contributed by atoms with Crippen LogP contribution >= 0.6 is 0 Å². The van der Waals surface area contributed by atoms with Crippen molar-refractivity contribution in [3.05, 3.63) is 24.2 Å². The fraction of sp³-hybridized carbons (Fsp3) is 0.333. The average Bonchev–Trinajstić information content (AvgIpc) is 2.85. The molecule has 3 nitrogen and oxygen atoms in total. The Morgan fingerprint density at radius 3 is 3.17 bits per heavy atom. The summed E-state index contributed by atoms with van der Waals surface area (Å²) in [6.07, 6.45) is 4.19. The Labute approximate surface area is 69.9 Å². The number of hydrogen-bond donors (Lipinski definition) is 1. The molecule has 1 radical (unpaired) electrons. The molecule has 0 amide bonds. The highest BCUT2D eigenvalue weighted by Crippen LogP contribution is 2.38. The number of rotatable bonds is 1. The second-order valence-corrected chi connectivity index (χ2v) is 3.20. The lowest BCUT2D eigenvalue weighted by atomic mass is 10.4. The normalized spacial score (nSPS) is 17.0. The molecule has 0 atom stereocenters.